The lowest BCUT2D eigenvalue weighted by molar-refractivity contribution is -0.0174. The number of thiophene rings is 1. The Hall–Kier alpha value is -2.31. The van der Waals surface area contributed by atoms with Crippen LogP contribution in [0.3, 0.4) is 0 Å². The van der Waals surface area contributed by atoms with Crippen LogP contribution in [-0.4, -0.2) is 34.1 Å². The van der Waals surface area contributed by atoms with Crippen LogP contribution in [0.5, 0.6) is 0 Å². The van der Waals surface area contributed by atoms with Crippen molar-refractivity contribution in [3.8, 4) is 11.4 Å². The maximum atomic E-state index is 6.17. The van der Waals surface area contributed by atoms with E-state index in [4.69, 9.17) is 14.7 Å². The van der Waals surface area contributed by atoms with Crippen LogP contribution in [0.4, 0.5) is 5.82 Å². The van der Waals surface area contributed by atoms with Gasteiger partial charge in [0.25, 0.3) is 0 Å². The van der Waals surface area contributed by atoms with Crippen LogP contribution in [0.25, 0.3) is 11.4 Å². The van der Waals surface area contributed by atoms with Gasteiger partial charge in [-0.3, -0.25) is 4.98 Å². The molecule has 4 heterocycles. The maximum Gasteiger partial charge on any atom is 0.161 e. The highest BCUT2D eigenvalue weighted by Crippen LogP contribution is 2.30. The molecule has 0 aromatic carbocycles. The summed E-state index contributed by atoms with van der Waals surface area (Å²) >= 11 is 1.71. The topological polar surface area (TPSA) is 51.1 Å². The molecule has 1 aliphatic rings. The molecule has 0 bridgehead atoms. The Morgan fingerprint density at radius 2 is 2.04 bits per heavy atom. The monoisotopic (exact) mass is 366 g/mol. The van der Waals surface area contributed by atoms with Gasteiger partial charge in [-0.15, -0.1) is 0 Å². The van der Waals surface area contributed by atoms with Gasteiger partial charge >= 0.3 is 0 Å². The van der Waals surface area contributed by atoms with Crippen molar-refractivity contribution in [2.75, 3.05) is 18.0 Å². The first-order valence-corrected chi connectivity index (χ1v) is 9.88. The van der Waals surface area contributed by atoms with Crippen molar-refractivity contribution in [2.24, 2.45) is 0 Å². The largest absolute Gasteiger partial charge is 0.367 e. The van der Waals surface area contributed by atoms with Crippen LogP contribution < -0.4 is 4.90 Å². The molecule has 0 unspecified atom stereocenters. The molecule has 0 N–H and O–H groups in total. The Labute approximate surface area is 157 Å². The van der Waals surface area contributed by atoms with Crippen molar-refractivity contribution in [1.82, 2.24) is 15.0 Å². The zero-order chi connectivity index (χ0) is 17.9. The first-order chi connectivity index (χ1) is 12.7. The van der Waals surface area contributed by atoms with Gasteiger partial charge in [-0.2, -0.15) is 11.3 Å². The van der Waals surface area contributed by atoms with Crippen LogP contribution in [0.1, 0.15) is 31.2 Å². The summed E-state index contributed by atoms with van der Waals surface area (Å²) in [4.78, 5) is 16.0. The van der Waals surface area contributed by atoms with Crippen LogP contribution in [0.15, 0.2) is 47.4 Å². The smallest absolute Gasteiger partial charge is 0.161 e. The molecule has 0 radical (unpaired) electrons. The molecule has 5 nitrogen and oxygen atoms in total. The van der Waals surface area contributed by atoms with Gasteiger partial charge in [-0.05, 0) is 47.9 Å². The first-order valence-electron chi connectivity index (χ1n) is 8.93. The average Bonchev–Trinajstić information content (AvgIpc) is 3.23. The van der Waals surface area contributed by atoms with Gasteiger partial charge in [0.2, 0.25) is 0 Å². The van der Waals surface area contributed by atoms with Crippen LogP contribution in [-0.2, 0) is 11.2 Å². The SMILES string of the molecule is CCc1cc(N2C[C@@H](C)O[C@H](c3ccsc3)C2)nc(-c2ccncc2)n1. The summed E-state index contributed by atoms with van der Waals surface area (Å²) in [5.74, 6) is 1.73. The molecule has 0 spiro atoms. The van der Waals surface area contributed by atoms with E-state index in [0.717, 1.165) is 42.4 Å². The van der Waals surface area contributed by atoms with Crippen LogP contribution in [0, 0.1) is 0 Å². The second kappa shape index (κ2) is 7.51. The number of ether oxygens (including phenoxy) is 1. The van der Waals surface area contributed by atoms with Gasteiger partial charge in [0.05, 0.1) is 6.10 Å². The summed E-state index contributed by atoms with van der Waals surface area (Å²) in [5, 5.41) is 4.27. The number of nitrogens with zero attached hydrogens (tertiary/aromatic N) is 4. The Kier molecular flexibility index (Phi) is 4.95. The van der Waals surface area contributed by atoms with Gasteiger partial charge in [0, 0.05) is 42.8 Å². The van der Waals surface area contributed by atoms with E-state index in [9.17, 15) is 0 Å². The molecule has 1 fully saturated rings. The maximum absolute atomic E-state index is 6.17. The minimum Gasteiger partial charge on any atom is -0.367 e. The number of hydrogen-bond donors (Lipinski definition) is 0. The van der Waals surface area contributed by atoms with E-state index in [1.807, 2.05) is 12.1 Å². The molecule has 0 aliphatic carbocycles. The quantitative estimate of drug-likeness (QED) is 0.695. The number of morpholine rings is 1. The number of anilines is 1. The lowest BCUT2D eigenvalue weighted by Crippen LogP contribution is -2.43. The zero-order valence-electron chi connectivity index (χ0n) is 15.0. The van der Waals surface area contributed by atoms with E-state index >= 15 is 0 Å². The van der Waals surface area contributed by atoms with E-state index in [-0.39, 0.29) is 12.2 Å². The molecule has 134 valence electrons. The minimum absolute atomic E-state index is 0.0782. The van der Waals surface area contributed by atoms with E-state index in [1.54, 1.807) is 23.7 Å². The predicted octanol–water partition coefficient (Wildman–Crippen LogP) is 4.13. The average molecular weight is 366 g/mol. The summed E-state index contributed by atoms with van der Waals surface area (Å²) in [6, 6.07) is 8.15. The summed E-state index contributed by atoms with van der Waals surface area (Å²) in [6.45, 7) is 5.88. The van der Waals surface area contributed by atoms with E-state index in [0.29, 0.717) is 0 Å². The molecule has 3 aromatic heterocycles. The predicted molar refractivity (Wildman–Crippen MR) is 104 cm³/mol. The van der Waals surface area contributed by atoms with Crippen molar-refractivity contribution < 1.29 is 4.74 Å². The van der Waals surface area contributed by atoms with E-state index in [2.05, 4.69) is 46.6 Å². The highest BCUT2D eigenvalue weighted by atomic mass is 32.1. The van der Waals surface area contributed by atoms with Gasteiger partial charge in [-0.1, -0.05) is 6.92 Å². The van der Waals surface area contributed by atoms with Crippen molar-refractivity contribution in [3.05, 3.63) is 58.7 Å². The number of pyridine rings is 1. The fourth-order valence-corrected chi connectivity index (χ4v) is 3.94. The highest BCUT2D eigenvalue weighted by Gasteiger charge is 2.28. The Balaban J connectivity index is 1.67. The zero-order valence-corrected chi connectivity index (χ0v) is 15.8. The molecule has 1 saturated heterocycles. The number of aryl methyl sites for hydroxylation is 1. The van der Waals surface area contributed by atoms with Crippen LogP contribution >= 0.6 is 11.3 Å². The lowest BCUT2D eigenvalue weighted by Gasteiger charge is -2.37. The fourth-order valence-electron chi connectivity index (χ4n) is 3.24. The molecule has 6 heteroatoms. The second-order valence-corrected chi connectivity index (χ2v) is 7.31. The van der Waals surface area contributed by atoms with Gasteiger partial charge in [-0.25, -0.2) is 9.97 Å². The molecule has 0 saturated carbocycles. The van der Waals surface area contributed by atoms with Crippen LogP contribution in [0.2, 0.25) is 0 Å². The summed E-state index contributed by atoms with van der Waals surface area (Å²) in [7, 11) is 0. The fraction of sp³-hybridized carbons (Fsp3) is 0.350. The molecular weight excluding hydrogens is 344 g/mol. The molecule has 3 aromatic rings. The van der Waals surface area contributed by atoms with Gasteiger partial charge < -0.3 is 9.64 Å². The second-order valence-electron chi connectivity index (χ2n) is 6.53. The Morgan fingerprint density at radius 1 is 1.19 bits per heavy atom. The summed E-state index contributed by atoms with van der Waals surface area (Å²) in [6.07, 6.45) is 4.66. The van der Waals surface area contributed by atoms with E-state index < -0.39 is 0 Å². The minimum atomic E-state index is 0.0782. The number of rotatable bonds is 4. The van der Waals surface area contributed by atoms with E-state index in [1.165, 1.54) is 5.56 Å². The molecule has 4 rings (SSSR count). The first kappa shape index (κ1) is 17.1. The van der Waals surface area contributed by atoms with Gasteiger partial charge in [0.15, 0.2) is 5.82 Å². The number of hydrogen-bond acceptors (Lipinski definition) is 6. The summed E-state index contributed by atoms with van der Waals surface area (Å²) < 4.78 is 6.17. The molecular formula is C20H22N4OS. The third-order valence-electron chi connectivity index (χ3n) is 4.57. The molecule has 26 heavy (non-hydrogen) atoms. The Bertz CT molecular complexity index is 854. The van der Waals surface area contributed by atoms with Crippen molar-refractivity contribution >= 4 is 17.2 Å². The molecule has 2 atom stereocenters. The van der Waals surface area contributed by atoms with Gasteiger partial charge in [0.1, 0.15) is 11.9 Å². The number of aromatic nitrogens is 3. The van der Waals surface area contributed by atoms with Crippen molar-refractivity contribution in [2.45, 2.75) is 32.5 Å². The Morgan fingerprint density at radius 3 is 2.77 bits per heavy atom. The van der Waals surface area contributed by atoms with Crippen molar-refractivity contribution in [3.63, 3.8) is 0 Å². The third kappa shape index (κ3) is 3.61. The highest BCUT2D eigenvalue weighted by molar-refractivity contribution is 7.07. The third-order valence-corrected chi connectivity index (χ3v) is 5.27. The standard InChI is InChI=1S/C20H22N4OS/c1-3-17-10-19(23-20(22-17)15-4-7-21-8-5-15)24-11-14(2)25-18(12-24)16-6-9-26-13-16/h4-10,13-14,18H,3,11-12H2,1-2H3/t14-,18+/m1/s1. The molecule has 1 aliphatic heterocycles. The lowest BCUT2D eigenvalue weighted by atomic mass is 10.1. The summed E-state index contributed by atoms with van der Waals surface area (Å²) in [5.41, 5.74) is 3.28. The van der Waals surface area contributed by atoms with Crippen molar-refractivity contribution in [1.29, 1.82) is 0 Å². The normalized spacial score (nSPS) is 20.3. The molecule has 0 amide bonds.